The summed E-state index contributed by atoms with van der Waals surface area (Å²) in [5, 5.41) is 4.62. The Labute approximate surface area is 196 Å². The predicted octanol–water partition coefficient (Wildman–Crippen LogP) is 3.95. The van der Waals surface area contributed by atoms with Crippen molar-refractivity contribution in [2.75, 3.05) is 11.9 Å². The van der Waals surface area contributed by atoms with Gasteiger partial charge in [-0.05, 0) is 43.3 Å². The van der Waals surface area contributed by atoms with E-state index in [0.717, 1.165) is 11.0 Å². The molecule has 34 heavy (non-hydrogen) atoms. The number of hydrogen-bond donors (Lipinski definition) is 2. The fourth-order valence-corrected chi connectivity index (χ4v) is 3.52. The maximum absolute atomic E-state index is 13.6. The van der Waals surface area contributed by atoms with E-state index in [-0.39, 0.29) is 5.56 Å². The average Bonchev–Trinajstić information content (AvgIpc) is 2.83. The number of nitrogens with one attached hydrogen (secondary N) is 2. The maximum Gasteiger partial charge on any atom is 0.341 e. The molecule has 176 valence electrons. The van der Waals surface area contributed by atoms with Crippen LogP contribution in [0, 0.1) is 17.5 Å². The van der Waals surface area contributed by atoms with Crippen LogP contribution in [0.3, 0.4) is 0 Å². The number of hydrogen-bond acceptors (Lipinski definition) is 6. The molecule has 1 unspecified atom stereocenters. The van der Waals surface area contributed by atoms with E-state index in [9.17, 15) is 27.6 Å². The highest BCUT2D eigenvalue weighted by Gasteiger charge is 2.22. The average molecular weight is 489 g/mol. The summed E-state index contributed by atoms with van der Waals surface area (Å²) >= 11 is 1.25. The number of anilines is 1. The molecule has 0 saturated heterocycles. The van der Waals surface area contributed by atoms with Crippen molar-refractivity contribution in [3.8, 4) is 0 Å². The Morgan fingerprint density at radius 3 is 2.47 bits per heavy atom. The number of esters is 1. The van der Waals surface area contributed by atoms with E-state index in [4.69, 9.17) is 4.74 Å². The van der Waals surface area contributed by atoms with Crippen LogP contribution in [0.25, 0.3) is 0 Å². The van der Waals surface area contributed by atoms with Gasteiger partial charge in [0, 0.05) is 11.1 Å². The lowest BCUT2D eigenvalue weighted by atomic mass is 10.2. The number of ether oxygens (including phenoxy) is 1. The van der Waals surface area contributed by atoms with Crippen molar-refractivity contribution in [2.45, 2.75) is 22.9 Å². The minimum atomic E-state index is -1.73. The van der Waals surface area contributed by atoms with Gasteiger partial charge in [0.25, 0.3) is 5.91 Å². The van der Waals surface area contributed by atoms with Crippen LogP contribution in [0.15, 0.2) is 70.7 Å². The van der Waals surface area contributed by atoms with Gasteiger partial charge in [-0.3, -0.25) is 9.59 Å². The number of aromatic nitrogens is 1. The fourth-order valence-electron chi connectivity index (χ4n) is 2.63. The first kappa shape index (κ1) is 24.8. The molecule has 0 aliphatic heterocycles. The Hall–Kier alpha value is -3.86. The molecule has 0 spiro atoms. The summed E-state index contributed by atoms with van der Waals surface area (Å²) in [6.45, 7) is 0.682. The molecule has 0 aliphatic carbocycles. The molecule has 0 aliphatic rings. The zero-order valence-electron chi connectivity index (χ0n) is 17.7. The first-order chi connectivity index (χ1) is 16.3. The quantitative estimate of drug-likeness (QED) is 0.367. The molecule has 1 heterocycles. The number of pyridine rings is 1. The number of nitrogens with zero attached hydrogens (tertiary/aromatic N) is 1. The standard InChI is InChI=1S/C23H18F3N3O4S/c1-13(21(31)28-12-18(30)29-17-10-9-16(24)19(25)20(17)26)33-23(32)15-8-5-11-27-22(15)34-14-6-3-2-4-7-14/h2-11,13H,12H2,1H3,(H,28,31)(H,29,30). The van der Waals surface area contributed by atoms with E-state index in [2.05, 4.69) is 10.3 Å². The Balaban J connectivity index is 1.55. The molecular formula is C23H18F3N3O4S. The molecule has 11 heteroatoms. The van der Waals surface area contributed by atoms with Gasteiger partial charge in [0.05, 0.1) is 17.8 Å². The molecule has 3 aromatic rings. The second-order valence-electron chi connectivity index (χ2n) is 6.81. The zero-order valence-corrected chi connectivity index (χ0v) is 18.5. The topological polar surface area (TPSA) is 97.4 Å². The smallest absolute Gasteiger partial charge is 0.341 e. The lowest BCUT2D eigenvalue weighted by molar-refractivity contribution is -0.130. The summed E-state index contributed by atoms with van der Waals surface area (Å²) in [4.78, 5) is 41.8. The summed E-state index contributed by atoms with van der Waals surface area (Å²) < 4.78 is 45.0. The molecule has 0 bridgehead atoms. The molecular weight excluding hydrogens is 471 g/mol. The molecule has 1 atom stereocenters. The Bertz CT molecular complexity index is 1210. The van der Waals surface area contributed by atoms with E-state index in [1.165, 1.54) is 30.9 Å². The van der Waals surface area contributed by atoms with Gasteiger partial charge in [-0.2, -0.15) is 0 Å². The van der Waals surface area contributed by atoms with Crippen LogP contribution >= 0.6 is 11.8 Å². The third kappa shape index (κ3) is 6.35. The normalized spacial score (nSPS) is 11.4. The van der Waals surface area contributed by atoms with Crippen molar-refractivity contribution in [1.82, 2.24) is 10.3 Å². The number of benzene rings is 2. The second-order valence-corrected chi connectivity index (χ2v) is 7.87. The highest BCUT2D eigenvalue weighted by molar-refractivity contribution is 7.99. The van der Waals surface area contributed by atoms with E-state index in [0.29, 0.717) is 11.1 Å². The lowest BCUT2D eigenvalue weighted by Crippen LogP contribution is -2.40. The largest absolute Gasteiger partial charge is 0.449 e. The zero-order chi connectivity index (χ0) is 24.7. The third-order valence-corrected chi connectivity index (χ3v) is 5.36. The van der Waals surface area contributed by atoms with Crippen LogP contribution in [0.4, 0.5) is 18.9 Å². The maximum atomic E-state index is 13.6. The molecule has 7 nitrogen and oxygen atoms in total. The Morgan fingerprint density at radius 2 is 1.74 bits per heavy atom. The van der Waals surface area contributed by atoms with Crippen molar-refractivity contribution in [3.63, 3.8) is 0 Å². The van der Waals surface area contributed by atoms with Gasteiger partial charge in [0.15, 0.2) is 23.6 Å². The highest BCUT2D eigenvalue weighted by atomic mass is 32.2. The van der Waals surface area contributed by atoms with E-state index in [1.807, 2.05) is 35.6 Å². The van der Waals surface area contributed by atoms with Crippen LogP contribution in [0.1, 0.15) is 17.3 Å². The molecule has 2 amide bonds. The monoisotopic (exact) mass is 489 g/mol. The van der Waals surface area contributed by atoms with Crippen molar-refractivity contribution >= 4 is 35.2 Å². The van der Waals surface area contributed by atoms with Crippen molar-refractivity contribution in [1.29, 1.82) is 0 Å². The number of carbonyl (C=O) groups excluding carboxylic acids is 3. The lowest BCUT2D eigenvalue weighted by Gasteiger charge is -2.15. The molecule has 3 rings (SSSR count). The van der Waals surface area contributed by atoms with Gasteiger partial charge in [0.1, 0.15) is 5.03 Å². The molecule has 0 radical (unpaired) electrons. The predicted molar refractivity (Wildman–Crippen MR) is 118 cm³/mol. The van der Waals surface area contributed by atoms with Crippen LogP contribution < -0.4 is 10.6 Å². The minimum absolute atomic E-state index is 0.155. The van der Waals surface area contributed by atoms with Crippen molar-refractivity contribution < 1.29 is 32.3 Å². The van der Waals surface area contributed by atoms with Crippen LogP contribution in [0.5, 0.6) is 0 Å². The van der Waals surface area contributed by atoms with Gasteiger partial charge in [-0.25, -0.2) is 22.9 Å². The van der Waals surface area contributed by atoms with Gasteiger partial charge >= 0.3 is 5.97 Å². The van der Waals surface area contributed by atoms with E-state index >= 15 is 0 Å². The second kappa shape index (κ2) is 11.3. The van der Waals surface area contributed by atoms with E-state index < -0.39 is 53.6 Å². The number of amides is 2. The molecule has 1 aromatic heterocycles. The summed E-state index contributed by atoms with van der Waals surface area (Å²) in [7, 11) is 0. The van der Waals surface area contributed by atoms with E-state index in [1.54, 1.807) is 6.07 Å². The molecule has 0 fully saturated rings. The van der Waals surface area contributed by atoms with Gasteiger partial charge in [0.2, 0.25) is 5.91 Å². The third-order valence-electron chi connectivity index (χ3n) is 4.33. The fraction of sp³-hybridized carbons (Fsp3) is 0.130. The van der Waals surface area contributed by atoms with Crippen molar-refractivity contribution in [3.05, 3.63) is 83.8 Å². The molecule has 2 N–H and O–H groups in total. The van der Waals surface area contributed by atoms with Gasteiger partial charge in [-0.1, -0.05) is 30.0 Å². The van der Waals surface area contributed by atoms with Crippen LogP contribution in [0.2, 0.25) is 0 Å². The van der Waals surface area contributed by atoms with Crippen molar-refractivity contribution in [2.24, 2.45) is 0 Å². The van der Waals surface area contributed by atoms with Crippen LogP contribution in [-0.4, -0.2) is 35.4 Å². The van der Waals surface area contributed by atoms with Crippen LogP contribution in [-0.2, 0) is 14.3 Å². The Kier molecular flexibility index (Phi) is 8.25. The summed E-state index contributed by atoms with van der Waals surface area (Å²) in [6.07, 6.45) is 0.252. The SMILES string of the molecule is CC(OC(=O)c1cccnc1Sc1ccccc1)C(=O)NCC(=O)Nc1ccc(F)c(F)c1F. The Morgan fingerprint density at radius 1 is 1.00 bits per heavy atom. The first-order valence-electron chi connectivity index (χ1n) is 9.86. The summed E-state index contributed by atoms with van der Waals surface area (Å²) in [6, 6.07) is 13.8. The molecule has 2 aromatic carbocycles. The first-order valence-corrected chi connectivity index (χ1v) is 10.7. The highest BCUT2D eigenvalue weighted by Crippen LogP contribution is 2.28. The van der Waals surface area contributed by atoms with Gasteiger partial charge < -0.3 is 15.4 Å². The minimum Gasteiger partial charge on any atom is -0.449 e. The molecule has 0 saturated carbocycles. The number of rotatable bonds is 8. The number of halogens is 3. The number of carbonyl (C=O) groups is 3. The van der Waals surface area contributed by atoms with Gasteiger partial charge in [-0.15, -0.1) is 0 Å². The summed E-state index contributed by atoms with van der Waals surface area (Å²) in [5.74, 6) is -7.19. The summed E-state index contributed by atoms with van der Waals surface area (Å²) in [5.41, 5.74) is -0.430.